The van der Waals surface area contributed by atoms with Crippen LogP contribution in [0, 0.1) is 20.8 Å². The van der Waals surface area contributed by atoms with Gasteiger partial charge in [0.1, 0.15) is 17.2 Å². The Morgan fingerprint density at radius 3 is 2.67 bits per heavy atom. The van der Waals surface area contributed by atoms with E-state index in [1.807, 2.05) is 20.8 Å². The van der Waals surface area contributed by atoms with Crippen molar-refractivity contribution in [3.8, 4) is 0 Å². The minimum Gasteiger partial charge on any atom is -0.324 e. The van der Waals surface area contributed by atoms with Crippen molar-refractivity contribution in [1.82, 2.24) is 14.5 Å². The molecule has 1 aliphatic heterocycles. The van der Waals surface area contributed by atoms with Crippen molar-refractivity contribution in [3.05, 3.63) is 55.4 Å². The van der Waals surface area contributed by atoms with Crippen molar-refractivity contribution in [3.63, 3.8) is 0 Å². The van der Waals surface area contributed by atoms with Crippen LogP contribution in [0.15, 0.2) is 23.0 Å². The highest BCUT2D eigenvalue weighted by Gasteiger charge is 2.21. The molecule has 0 radical (unpaired) electrons. The lowest BCUT2D eigenvalue weighted by Gasteiger charge is -2.18. The molecule has 1 amide bonds. The number of hydrogen-bond donors (Lipinski definition) is 1. The Hall–Kier alpha value is -2.22. The number of aryl methyl sites for hydroxylation is 3. The van der Waals surface area contributed by atoms with Crippen LogP contribution in [-0.2, 0) is 17.9 Å². The molecule has 2 aromatic heterocycles. The van der Waals surface area contributed by atoms with E-state index >= 15 is 0 Å². The van der Waals surface area contributed by atoms with Gasteiger partial charge >= 0.3 is 0 Å². The average Bonchev–Trinajstić information content (AvgIpc) is 3.29. The Balaban J connectivity index is 1.69. The second-order valence-corrected chi connectivity index (χ2v) is 9.51. The van der Waals surface area contributed by atoms with Gasteiger partial charge in [-0.05, 0) is 76.0 Å². The third-order valence-corrected chi connectivity index (χ3v) is 7.03. The van der Waals surface area contributed by atoms with E-state index in [1.54, 1.807) is 34.1 Å². The number of thiophene rings is 1. The molecule has 4 rings (SSSR count). The molecular weight excluding hydrogens is 420 g/mol. The highest BCUT2D eigenvalue weighted by molar-refractivity contribution is 7.18. The van der Waals surface area contributed by atoms with E-state index < -0.39 is 0 Å². The molecule has 1 saturated heterocycles. The van der Waals surface area contributed by atoms with Gasteiger partial charge in [0, 0.05) is 15.6 Å². The van der Waals surface area contributed by atoms with Crippen molar-refractivity contribution < 1.29 is 4.79 Å². The summed E-state index contributed by atoms with van der Waals surface area (Å²) in [6.07, 6.45) is 2.31. The molecule has 3 heterocycles. The number of nitrogens with zero attached hydrogens (tertiary/aromatic N) is 3. The molecule has 0 aliphatic carbocycles. The lowest BCUT2D eigenvalue weighted by Crippen LogP contribution is -2.33. The van der Waals surface area contributed by atoms with Crippen molar-refractivity contribution >= 4 is 44.7 Å². The van der Waals surface area contributed by atoms with Crippen molar-refractivity contribution in [1.29, 1.82) is 0 Å². The summed E-state index contributed by atoms with van der Waals surface area (Å²) < 4.78 is 1.54. The number of benzene rings is 1. The second-order valence-electron chi connectivity index (χ2n) is 7.87. The zero-order chi connectivity index (χ0) is 21.4. The summed E-state index contributed by atoms with van der Waals surface area (Å²) in [6.45, 7) is 8.33. The van der Waals surface area contributed by atoms with Crippen molar-refractivity contribution in [2.45, 2.75) is 46.7 Å². The van der Waals surface area contributed by atoms with Crippen LogP contribution in [0.1, 0.15) is 34.7 Å². The van der Waals surface area contributed by atoms with E-state index in [0.29, 0.717) is 28.5 Å². The lowest BCUT2D eigenvalue weighted by molar-refractivity contribution is -0.116. The van der Waals surface area contributed by atoms with Crippen LogP contribution in [-0.4, -0.2) is 33.4 Å². The van der Waals surface area contributed by atoms with Gasteiger partial charge in [-0.25, -0.2) is 4.98 Å². The van der Waals surface area contributed by atoms with E-state index in [1.165, 1.54) is 0 Å². The number of carbonyl (C=O) groups is 1. The fraction of sp³-hybridized carbons (Fsp3) is 0.409. The molecule has 0 spiro atoms. The predicted molar refractivity (Wildman–Crippen MR) is 123 cm³/mol. The summed E-state index contributed by atoms with van der Waals surface area (Å²) in [7, 11) is 0. The van der Waals surface area contributed by atoms with E-state index in [-0.39, 0.29) is 18.0 Å². The maximum Gasteiger partial charge on any atom is 0.263 e. The lowest BCUT2D eigenvalue weighted by atomic mass is 10.2. The quantitative estimate of drug-likeness (QED) is 0.638. The molecule has 0 bridgehead atoms. The Bertz CT molecular complexity index is 1180. The minimum absolute atomic E-state index is 0.0681. The Morgan fingerprint density at radius 1 is 1.23 bits per heavy atom. The average molecular weight is 445 g/mol. The molecule has 6 nitrogen and oxygen atoms in total. The molecule has 1 fully saturated rings. The number of rotatable bonds is 5. The summed E-state index contributed by atoms with van der Waals surface area (Å²) in [5, 5.41) is 4.15. The van der Waals surface area contributed by atoms with Crippen LogP contribution in [0.3, 0.4) is 0 Å². The third-order valence-electron chi connectivity index (χ3n) is 5.70. The largest absolute Gasteiger partial charge is 0.324 e. The molecule has 0 atom stereocenters. The number of carbonyl (C=O) groups excluding carboxylic acids is 1. The number of halogens is 1. The first-order valence-corrected chi connectivity index (χ1v) is 11.3. The van der Waals surface area contributed by atoms with Crippen LogP contribution in [0.25, 0.3) is 10.2 Å². The van der Waals surface area contributed by atoms with E-state index in [9.17, 15) is 9.59 Å². The van der Waals surface area contributed by atoms with Gasteiger partial charge in [0.25, 0.3) is 5.56 Å². The number of nitrogens with one attached hydrogen (secondary N) is 1. The fourth-order valence-electron chi connectivity index (χ4n) is 3.89. The van der Waals surface area contributed by atoms with Crippen LogP contribution >= 0.6 is 22.9 Å². The van der Waals surface area contributed by atoms with Gasteiger partial charge in [0.15, 0.2) is 0 Å². The normalized spacial score (nSPS) is 14.5. The van der Waals surface area contributed by atoms with Crippen molar-refractivity contribution in [2.24, 2.45) is 0 Å². The van der Waals surface area contributed by atoms with Gasteiger partial charge in [-0.2, -0.15) is 0 Å². The second kappa shape index (κ2) is 8.49. The summed E-state index contributed by atoms with van der Waals surface area (Å²) in [6, 6.07) is 5.31. The smallest absolute Gasteiger partial charge is 0.263 e. The van der Waals surface area contributed by atoms with Gasteiger partial charge in [-0.15, -0.1) is 11.3 Å². The zero-order valence-corrected chi connectivity index (χ0v) is 19.0. The third kappa shape index (κ3) is 4.15. The first kappa shape index (κ1) is 21.0. The minimum atomic E-state index is -0.254. The number of amides is 1. The Morgan fingerprint density at radius 2 is 1.97 bits per heavy atom. The fourth-order valence-corrected chi connectivity index (χ4v) is 5.16. The molecule has 30 heavy (non-hydrogen) atoms. The highest BCUT2D eigenvalue weighted by atomic mass is 35.5. The number of likely N-dealkylation sites (tertiary alicyclic amines) is 1. The van der Waals surface area contributed by atoms with Crippen LogP contribution in [0.2, 0.25) is 5.02 Å². The van der Waals surface area contributed by atoms with Gasteiger partial charge in [0.2, 0.25) is 5.91 Å². The summed E-state index contributed by atoms with van der Waals surface area (Å²) in [5.74, 6) is 0.398. The van der Waals surface area contributed by atoms with Crippen molar-refractivity contribution in [2.75, 3.05) is 18.4 Å². The predicted octanol–water partition coefficient (Wildman–Crippen LogP) is 4.27. The summed E-state index contributed by atoms with van der Waals surface area (Å²) in [5.41, 5.74) is 2.37. The number of aromatic nitrogens is 2. The molecule has 0 saturated carbocycles. The maximum absolute atomic E-state index is 13.4. The highest BCUT2D eigenvalue weighted by Crippen LogP contribution is 2.27. The molecule has 0 unspecified atom stereocenters. The number of hydrogen-bond acceptors (Lipinski definition) is 5. The van der Waals surface area contributed by atoms with Crippen LogP contribution < -0.4 is 10.9 Å². The summed E-state index contributed by atoms with van der Waals surface area (Å²) >= 11 is 7.55. The van der Waals surface area contributed by atoms with Gasteiger partial charge in [0.05, 0.1) is 11.9 Å². The number of anilines is 1. The Kier molecular flexibility index (Phi) is 5.95. The molecule has 8 heteroatoms. The maximum atomic E-state index is 13.4. The Labute approximate surface area is 184 Å². The van der Waals surface area contributed by atoms with Gasteiger partial charge < -0.3 is 5.32 Å². The summed E-state index contributed by atoms with van der Waals surface area (Å²) in [4.78, 5) is 35.2. The number of fused-ring (bicyclic) bond motifs is 1. The molecule has 1 N–H and O–H groups in total. The van der Waals surface area contributed by atoms with Gasteiger partial charge in [-0.3, -0.25) is 19.1 Å². The van der Waals surface area contributed by atoms with Crippen LogP contribution in [0.5, 0.6) is 0 Å². The molecule has 1 aromatic carbocycles. The van der Waals surface area contributed by atoms with E-state index in [4.69, 9.17) is 16.6 Å². The first-order valence-electron chi connectivity index (χ1n) is 10.1. The van der Waals surface area contributed by atoms with E-state index in [2.05, 4.69) is 10.2 Å². The SMILES string of the molecule is Cc1cc(Cl)ccc1NC(=O)Cn1c(CN2CCCC2)nc2sc(C)c(C)c2c1=O. The molecule has 1 aliphatic rings. The molecule has 3 aromatic rings. The van der Waals surface area contributed by atoms with Crippen LogP contribution in [0.4, 0.5) is 5.69 Å². The van der Waals surface area contributed by atoms with Gasteiger partial charge in [-0.1, -0.05) is 11.6 Å². The topological polar surface area (TPSA) is 67.2 Å². The van der Waals surface area contributed by atoms with E-state index in [0.717, 1.165) is 46.8 Å². The zero-order valence-electron chi connectivity index (χ0n) is 17.4. The first-order chi connectivity index (χ1) is 14.3. The standard InChI is InChI=1S/C22H25ClN4O2S/c1-13-10-16(23)6-7-17(13)24-19(28)12-27-18(11-26-8-4-5-9-26)25-21-20(22(27)29)14(2)15(3)30-21/h6-7,10H,4-5,8-9,11-12H2,1-3H3,(H,24,28). The molecular formula is C22H25ClN4O2S. The molecule has 158 valence electrons. The monoisotopic (exact) mass is 444 g/mol.